The first-order valence-corrected chi connectivity index (χ1v) is 5.87. The minimum absolute atomic E-state index is 0.0445. The van der Waals surface area contributed by atoms with Crippen LogP contribution in [0.4, 0.5) is 19.0 Å². The van der Waals surface area contributed by atoms with Gasteiger partial charge < -0.3 is 5.73 Å². The Hall–Kier alpha value is -2.50. The Bertz CT molecular complexity index is 775. The minimum Gasteiger partial charge on any atom is -0.385 e. The van der Waals surface area contributed by atoms with Crippen molar-refractivity contribution >= 4 is 11.5 Å². The van der Waals surface area contributed by atoms with Crippen molar-refractivity contribution in [2.75, 3.05) is 5.73 Å². The van der Waals surface area contributed by atoms with Gasteiger partial charge in [0.15, 0.2) is 0 Å². The van der Waals surface area contributed by atoms with E-state index < -0.39 is 11.7 Å². The molecular formula is C14H10F3N3. The molecule has 0 saturated heterocycles. The van der Waals surface area contributed by atoms with Gasteiger partial charge in [-0.25, -0.2) is 4.98 Å². The predicted molar refractivity (Wildman–Crippen MR) is 70.0 cm³/mol. The number of nitrogens with zero attached hydrogens (tertiary/aromatic N) is 2. The number of nitrogen functional groups attached to an aromatic ring is 1. The van der Waals surface area contributed by atoms with Crippen molar-refractivity contribution in [1.82, 2.24) is 9.38 Å². The highest BCUT2D eigenvalue weighted by molar-refractivity contribution is 5.68. The van der Waals surface area contributed by atoms with Gasteiger partial charge in [0.05, 0.1) is 11.3 Å². The molecule has 0 bridgehead atoms. The molecule has 3 aromatic rings. The number of hydrogen-bond donors (Lipinski definition) is 1. The van der Waals surface area contributed by atoms with Gasteiger partial charge in [0.25, 0.3) is 0 Å². The molecule has 102 valence electrons. The Morgan fingerprint density at radius 2 is 1.75 bits per heavy atom. The fourth-order valence-electron chi connectivity index (χ4n) is 2.12. The molecule has 0 spiro atoms. The van der Waals surface area contributed by atoms with Crippen LogP contribution >= 0.6 is 0 Å². The predicted octanol–water partition coefficient (Wildman–Crippen LogP) is 3.60. The smallest absolute Gasteiger partial charge is 0.385 e. The van der Waals surface area contributed by atoms with Crippen LogP contribution in [0.2, 0.25) is 0 Å². The summed E-state index contributed by atoms with van der Waals surface area (Å²) >= 11 is 0. The summed E-state index contributed by atoms with van der Waals surface area (Å²) in [5.74, 6) is 0.422. The van der Waals surface area contributed by atoms with Crippen LogP contribution in [0.3, 0.4) is 0 Å². The molecule has 6 heteroatoms. The topological polar surface area (TPSA) is 43.3 Å². The summed E-state index contributed by atoms with van der Waals surface area (Å²) in [6.07, 6.45) is -2.91. The molecule has 0 aliphatic rings. The molecule has 0 unspecified atom stereocenters. The van der Waals surface area contributed by atoms with E-state index in [1.807, 2.05) is 0 Å². The third-order valence-electron chi connectivity index (χ3n) is 3.03. The van der Waals surface area contributed by atoms with Crippen LogP contribution in [0.15, 0.2) is 48.7 Å². The van der Waals surface area contributed by atoms with Gasteiger partial charge in [0.2, 0.25) is 0 Å². The molecule has 0 amide bonds. The third-order valence-corrected chi connectivity index (χ3v) is 3.03. The number of aromatic nitrogens is 2. The van der Waals surface area contributed by atoms with Gasteiger partial charge in [-0.2, -0.15) is 13.2 Å². The number of rotatable bonds is 1. The number of nitrogens with two attached hydrogens (primary N) is 1. The molecular weight excluding hydrogens is 267 g/mol. The molecule has 0 radical (unpaired) electrons. The van der Waals surface area contributed by atoms with Crippen LogP contribution in [0.1, 0.15) is 5.56 Å². The van der Waals surface area contributed by atoms with Gasteiger partial charge >= 0.3 is 6.18 Å². The number of hydrogen-bond acceptors (Lipinski definition) is 2. The number of pyridine rings is 1. The van der Waals surface area contributed by atoms with Gasteiger partial charge in [0, 0.05) is 11.8 Å². The summed E-state index contributed by atoms with van der Waals surface area (Å²) < 4.78 is 40.6. The standard InChI is InChI=1S/C14H10F3N3/c15-14(16,17)10-5-2-1-4-9(10)11-8-20-12(18)6-3-7-13(20)19-11/h1-8H,18H2. The van der Waals surface area contributed by atoms with Crippen LogP contribution in [0, 0.1) is 0 Å². The van der Waals surface area contributed by atoms with E-state index in [9.17, 15) is 13.2 Å². The molecule has 2 aromatic heterocycles. The summed E-state index contributed by atoms with van der Waals surface area (Å²) in [6.45, 7) is 0. The highest BCUT2D eigenvalue weighted by Gasteiger charge is 2.33. The summed E-state index contributed by atoms with van der Waals surface area (Å²) in [4.78, 5) is 4.20. The number of benzene rings is 1. The van der Waals surface area contributed by atoms with Crippen LogP contribution in [-0.2, 0) is 6.18 Å². The molecule has 0 atom stereocenters. The van der Waals surface area contributed by atoms with Crippen LogP contribution < -0.4 is 5.73 Å². The molecule has 1 aromatic carbocycles. The molecule has 2 N–H and O–H groups in total. The lowest BCUT2D eigenvalue weighted by molar-refractivity contribution is -0.137. The van der Waals surface area contributed by atoms with Crippen LogP contribution in [0.5, 0.6) is 0 Å². The second kappa shape index (κ2) is 4.26. The first kappa shape index (κ1) is 12.5. The van der Waals surface area contributed by atoms with Gasteiger partial charge in [-0.1, -0.05) is 24.3 Å². The van der Waals surface area contributed by atoms with Crippen molar-refractivity contribution in [2.45, 2.75) is 6.18 Å². The number of alkyl halides is 3. The number of anilines is 1. The Morgan fingerprint density at radius 3 is 2.45 bits per heavy atom. The monoisotopic (exact) mass is 277 g/mol. The molecule has 0 saturated carbocycles. The third kappa shape index (κ3) is 1.99. The van der Waals surface area contributed by atoms with E-state index in [-0.39, 0.29) is 11.3 Å². The second-order valence-electron chi connectivity index (χ2n) is 4.35. The lowest BCUT2D eigenvalue weighted by Crippen LogP contribution is -2.06. The number of imidazole rings is 1. The largest absolute Gasteiger partial charge is 0.417 e. The highest BCUT2D eigenvalue weighted by atomic mass is 19.4. The van der Waals surface area contributed by atoms with Crippen molar-refractivity contribution in [3.63, 3.8) is 0 Å². The van der Waals surface area contributed by atoms with Crippen molar-refractivity contribution in [3.8, 4) is 11.3 Å². The maximum absolute atomic E-state index is 13.0. The van der Waals surface area contributed by atoms with Crippen LogP contribution in [-0.4, -0.2) is 9.38 Å². The van der Waals surface area contributed by atoms with E-state index in [4.69, 9.17) is 5.73 Å². The van der Waals surface area contributed by atoms with Crippen molar-refractivity contribution in [1.29, 1.82) is 0 Å². The molecule has 3 nitrogen and oxygen atoms in total. The fourth-order valence-corrected chi connectivity index (χ4v) is 2.12. The minimum atomic E-state index is -4.42. The Morgan fingerprint density at radius 1 is 1.00 bits per heavy atom. The van der Waals surface area contributed by atoms with Gasteiger partial charge in [-0.3, -0.25) is 4.40 Å². The normalized spacial score (nSPS) is 11.9. The van der Waals surface area contributed by atoms with E-state index >= 15 is 0 Å². The van der Waals surface area contributed by atoms with E-state index in [0.29, 0.717) is 11.5 Å². The lowest BCUT2D eigenvalue weighted by Gasteiger charge is -2.10. The summed E-state index contributed by atoms with van der Waals surface area (Å²) in [5, 5.41) is 0. The zero-order valence-electron chi connectivity index (χ0n) is 10.2. The van der Waals surface area contributed by atoms with E-state index in [0.717, 1.165) is 6.07 Å². The Kier molecular flexibility index (Phi) is 2.67. The molecule has 0 aliphatic heterocycles. The van der Waals surface area contributed by atoms with E-state index in [1.165, 1.54) is 18.3 Å². The fraction of sp³-hybridized carbons (Fsp3) is 0.0714. The van der Waals surface area contributed by atoms with Crippen molar-refractivity contribution in [2.24, 2.45) is 0 Å². The van der Waals surface area contributed by atoms with Crippen LogP contribution in [0.25, 0.3) is 16.9 Å². The molecule has 3 rings (SSSR count). The highest BCUT2D eigenvalue weighted by Crippen LogP contribution is 2.36. The lowest BCUT2D eigenvalue weighted by atomic mass is 10.1. The Labute approximate surface area is 112 Å². The van der Waals surface area contributed by atoms with Crippen molar-refractivity contribution in [3.05, 3.63) is 54.2 Å². The second-order valence-corrected chi connectivity index (χ2v) is 4.35. The summed E-state index contributed by atoms with van der Waals surface area (Å²) in [6, 6.07) is 10.4. The summed E-state index contributed by atoms with van der Waals surface area (Å²) in [7, 11) is 0. The first-order chi connectivity index (χ1) is 9.47. The van der Waals surface area contributed by atoms with Gasteiger partial charge in [-0.15, -0.1) is 0 Å². The molecule has 20 heavy (non-hydrogen) atoms. The molecule has 0 aliphatic carbocycles. The van der Waals surface area contributed by atoms with Gasteiger partial charge in [0.1, 0.15) is 11.5 Å². The van der Waals surface area contributed by atoms with E-state index in [1.54, 1.807) is 28.7 Å². The molecule has 0 fully saturated rings. The maximum atomic E-state index is 13.0. The SMILES string of the molecule is Nc1cccc2nc(-c3ccccc3C(F)(F)F)cn12. The summed E-state index contributed by atoms with van der Waals surface area (Å²) in [5.41, 5.74) is 5.87. The first-order valence-electron chi connectivity index (χ1n) is 5.87. The quantitative estimate of drug-likeness (QED) is 0.738. The zero-order valence-corrected chi connectivity index (χ0v) is 10.2. The average Bonchev–Trinajstić information content (AvgIpc) is 2.83. The number of halogens is 3. The zero-order chi connectivity index (χ0) is 14.3. The van der Waals surface area contributed by atoms with Crippen molar-refractivity contribution < 1.29 is 13.2 Å². The Balaban J connectivity index is 2.24. The average molecular weight is 277 g/mol. The van der Waals surface area contributed by atoms with E-state index in [2.05, 4.69) is 4.98 Å². The number of fused-ring (bicyclic) bond motifs is 1. The maximum Gasteiger partial charge on any atom is 0.417 e. The molecule has 2 heterocycles. The van der Waals surface area contributed by atoms with Gasteiger partial charge in [-0.05, 0) is 18.2 Å².